The van der Waals surface area contributed by atoms with Gasteiger partial charge in [-0.05, 0) is 68.1 Å². The minimum Gasteiger partial charge on any atom is -0.369 e. The molecule has 0 spiro atoms. The maximum atomic E-state index is 13.4. The van der Waals surface area contributed by atoms with Gasteiger partial charge in [-0.15, -0.1) is 0 Å². The zero-order valence-electron chi connectivity index (χ0n) is 17.1. The second-order valence-corrected chi connectivity index (χ2v) is 10.6. The first-order valence-electron chi connectivity index (χ1n) is 10.6. The first kappa shape index (κ1) is 20.5. The summed E-state index contributed by atoms with van der Waals surface area (Å²) >= 11 is 5.97. The molecule has 0 radical (unpaired) electrons. The average molecular weight is 458 g/mol. The molecule has 1 N–H and O–H groups in total. The van der Waals surface area contributed by atoms with Gasteiger partial charge in [0.2, 0.25) is 10.0 Å². The monoisotopic (exact) mass is 457 g/mol. The lowest BCUT2D eigenvalue weighted by atomic mass is 10.00. The summed E-state index contributed by atoms with van der Waals surface area (Å²) in [6.07, 6.45) is 3.98. The average Bonchev–Trinajstić information content (AvgIpc) is 3.40. The van der Waals surface area contributed by atoms with E-state index in [1.807, 2.05) is 24.3 Å². The first-order valence-corrected chi connectivity index (χ1v) is 12.4. The summed E-state index contributed by atoms with van der Waals surface area (Å²) in [6, 6.07) is 12.6. The van der Waals surface area contributed by atoms with Crippen molar-refractivity contribution in [1.29, 1.82) is 0 Å². The molecule has 2 heterocycles. The van der Waals surface area contributed by atoms with Crippen molar-refractivity contribution in [2.24, 2.45) is 0 Å². The number of hydrogen-bond acceptors (Lipinski definition) is 4. The van der Waals surface area contributed by atoms with Crippen LogP contribution in [0.4, 0.5) is 11.4 Å². The summed E-state index contributed by atoms with van der Waals surface area (Å²) in [4.78, 5) is 14.9. The van der Waals surface area contributed by atoms with E-state index in [0.29, 0.717) is 42.5 Å². The number of carbonyl (C=O) groups is 1. The van der Waals surface area contributed by atoms with Gasteiger partial charge in [0.05, 0.1) is 4.90 Å². The minimum absolute atomic E-state index is 0.113. The molecule has 2 aliphatic heterocycles. The minimum atomic E-state index is -3.64. The van der Waals surface area contributed by atoms with Crippen LogP contribution in [-0.4, -0.2) is 44.8 Å². The molecule has 2 aromatic rings. The van der Waals surface area contributed by atoms with E-state index in [4.69, 9.17) is 11.6 Å². The molecule has 8 heteroatoms. The van der Waals surface area contributed by atoms with Crippen LogP contribution in [0.2, 0.25) is 5.02 Å². The van der Waals surface area contributed by atoms with Crippen LogP contribution < -0.4 is 10.2 Å². The van der Waals surface area contributed by atoms with Crippen molar-refractivity contribution in [3.05, 3.63) is 58.6 Å². The predicted octanol–water partition coefficient (Wildman–Crippen LogP) is 4.13. The largest absolute Gasteiger partial charge is 0.369 e. The van der Waals surface area contributed by atoms with E-state index in [1.54, 1.807) is 18.2 Å². The standard InChI is InChI=1S/C23H24ClN3O3S/c24-17-5-7-18(8-6-17)26-11-13-27(14-12-26)31(29,30)19-9-10-21-20(15-19)22(23(28)25-21)16-3-1-2-4-16/h5-10,15H,1-4,11-14H2,(H,25,28). The fourth-order valence-corrected chi connectivity index (χ4v) is 6.27. The number of sulfonamides is 1. The molecule has 5 rings (SSSR count). The number of anilines is 2. The lowest BCUT2D eigenvalue weighted by molar-refractivity contribution is -0.110. The second-order valence-electron chi connectivity index (χ2n) is 8.21. The van der Waals surface area contributed by atoms with Crippen molar-refractivity contribution in [3.63, 3.8) is 0 Å². The highest BCUT2D eigenvalue weighted by Gasteiger charge is 2.33. The highest BCUT2D eigenvalue weighted by molar-refractivity contribution is 7.89. The topological polar surface area (TPSA) is 69.7 Å². The van der Waals surface area contributed by atoms with E-state index in [1.165, 1.54) is 4.31 Å². The molecule has 3 aliphatic rings. The highest BCUT2D eigenvalue weighted by Crippen LogP contribution is 2.40. The third-order valence-electron chi connectivity index (χ3n) is 6.36. The fourth-order valence-electron chi connectivity index (χ4n) is 4.70. The van der Waals surface area contributed by atoms with Gasteiger partial charge in [-0.1, -0.05) is 17.2 Å². The fraction of sp³-hybridized carbons (Fsp3) is 0.348. The molecule has 1 saturated heterocycles. The summed E-state index contributed by atoms with van der Waals surface area (Å²) in [5.74, 6) is -0.113. The molecule has 1 aliphatic carbocycles. The quantitative estimate of drug-likeness (QED) is 0.703. The number of nitrogens with zero attached hydrogens (tertiary/aromatic N) is 2. The molecule has 6 nitrogen and oxygen atoms in total. The molecular formula is C23H24ClN3O3S. The summed E-state index contributed by atoms with van der Waals surface area (Å²) in [5.41, 5.74) is 4.28. The summed E-state index contributed by atoms with van der Waals surface area (Å²) in [5, 5.41) is 3.57. The number of amides is 1. The molecule has 1 saturated carbocycles. The molecule has 0 unspecified atom stereocenters. The molecule has 0 aromatic heterocycles. The molecule has 0 bridgehead atoms. The van der Waals surface area contributed by atoms with Crippen LogP contribution in [-0.2, 0) is 14.8 Å². The van der Waals surface area contributed by atoms with Gasteiger partial charge in [0.15, 0.2) is 0 Å². The smallest absolute Gasteiger partial charge is 0.256 e. The van der Waals surface area contributed by atoms with Crippen LogP contribution in [0.5, 0.6) is 0 Å². The number of rotatable bonds is 3. The third kappa shape index (κ3) is 3.75. The Balaban J connectivity index is 1.38. The number of fused-ring (bicyclic) bond motifs is 1. The van der Waals surface area contributed by atoms with Crippen molar-refractivity contribution in [1.82, 2.24) is 4.31 Å². The predicted molar refractivity (Wildman–Crippen MR) is 123 cm³/mol. The van der Waals surface area contributed by atoms with Crippen LogP contribution in [0.3, 0.4) is 0 Å². The van der Waals surface area contributed by atoms with Crippen molar-refractivity contribution in [2.45, 2.75) is 30.6 Å². The second kappa shape index (κ2) is 7.97. The van der Waals surface area contributed by atoms with Gasteiger partial charge in [0.25, 0.3) is 5.91 Å². The number of nitrogens with one attached hydrogen (secondary N) is 1. The summed E-state index contributed by atoms with van der Waals surface area (Å²) in [7, 11) is -3.64. The Morgan fingerprint density at radius 1 is 0.903 bits per heavy atom. The van der Waals surface area contributed by atoms with Crippen LogP contribution in [0, 0.1) is 0 Å². The van der Waals surface area contributed by atoms with Crippen molar-refractivity contribution in [3.8, 4) is 0 Å². The van der Waals surface area contributed by atoms with E-state index >= 15 is 0 Å². The van der Waals surface area contributed by atoms with E-state index in [2.05, 4.69) is 10.2 Å². The van der Waals surface area contributed by atoms with E-state index in [0.717, 1.165) is 42.5 Å². The Hall–Kier alpha value is -2.35. The Bertz CT molecular complexity index is 1160. The van der Waals surface area contributed by atoms with Crippen LogP contribution in [0.15, 0.2) is 52.9 Å². The normalized spacial score (nSPS) is 19.6. The van der Waals surface area contributed by atoms with Gasteiger partial charge in [-0.2, -0.15) is 4.31 Å². The van der Waals surface area contributed by atoms with Crippen molar-refractivity contribution in [2.75, 3.05) is 36.4 Å². The highest BCUT2D eigenvalue weighted by atomic mass is 35.5. The van der Waals surface area contributed by atoms with Crippen LogP contribution in [0.25, 0.3) is 5.57 Å². The summed E-state index contributed by atoms with van der Waals surface area (Å²) in [6.45, 7) is 2.04. The Morgan fingerprint density at radius 2 is 1.58 bits per heavy atom. The maximum Gasteiger partial charge on any atom is 0.256 e. The van der Waals surface area contributed by atoms with Gasteiger partial charge < -0.3 is 10.2 Å². The van der Waals surface area contributed by atoms with Gasteiger partial charge in [0.1, 0.15) is 0 Å². The summed E-state index contributed by atoms with van der Waals surface area (Å²) < 4.78 is 28.2. The van der Waals surface area contributed by atoms with E-state index < -0.39 is 10.0 Å². The lowest BCUT2D eigenvalue weighted by Crippen LogP contribution is -2.48. The number of benzene rings is 2. The van der Waals surface area contributed by atoms with E-state index in [9.17, 15) is 13.2 Å². The van der Waals surface area contributed by atoms with Gasteiger partial charge in [-0.25, -0.2) is 8.42 Å². The molecule has 1 amide bonds. The van der Waals surface area contributed by atoms with Crippen LogP contribution in [0.1, 0.15) is 31.2 Å². The van der Waals surface area contributed by atoms with Crippen LogP contribution >= 0.6 is 11.6 Å². The molecule has 31 heavy (non-hydrogen) atoms. The lowest BCUT2D eigenvalue weighted by Gasteiger charge is -2.35. The third-order valence-corrected chi connectivity index (χ3v) is 8.51. The molecular weight excluding hydrogens is 434 g/mol. The molecule has 2 fully saturated rings. The van der Waals surface area contributed by atoms with Crippen molar-refractivity contribution < 1.29 is 13.2 Å². The Labute approximate surface area is 187 Å². The SMILES string of the molecule is O=C1Nc2ccc(S(=O)(=O)N3CCN(c4ccc(Cl)cc4)CC3)cc2C1=C1CCCC1. The van der Waals surface area contributed by atoms with E-state index in [-0.39, 0.29) is 10.8 Å². The van der Waals surface area contributed by atoms with Gasteiger partial charge >= 0.3 is 0 Å². The number of carbonyl (C=O) groups excluding carboxylic acids is 1. The maximum absolute atomic E-state index is 13.4. The molecule has 162 valence electrons. The Morgan fingerprint density at radius 3 is 2.26 bits per heavy atom. The number of allylic oxidation sites excluding steroid dienone is 1. The van der Waals surface area contributed by atoms with Gasteiger partial charge in [-0.3, -0.25) is 4.79 Å². The number of halogens is 1. The first-order chi connectivity index (χ1) is 14.9. The number of piperazine rings is 1. The number of hydrogen-bond donors (Lipinski definition) is 1. The molecule has 2 aromatic carbocycles. The zero-order chi connectivity index (χ0) is 21.6. The Kier molecular flexibility index (Phi) is 5.28. The molecule has 0 atom stereocenters. The zero-order valence-corrected chi connectivity index (χ0v) is 18.7. The van der Waals surface area contributed by atoms with Gasteiger partial charge in [0, 0.05) is 53.7 Å². The van der Waals surface area contributed by atoms with Crippen molar-refractivity contribution >= 4 is 44.5 Å².